The largest absolute Gasteiger partial charge is 0.457 e. The van der Waals surface area contributed by atoms with Gasteiger partial charge in [0.15, 0.2) is 0 Å². The Labute approximate surface area is 196 Å². The number of amides is 1. The lowest BCUT2D eigenvalue weighted by Gasteiger charge is -2.28. The molecule has 0 aromatic heterocycles. The monoisotopic (exact) mass is 484 g/mol. The van der Waals surface area contributed by atoms with Crippen LogP contribution in [0.2, 0.25) is 5.02 Å². The van der Waals surface area contributed by atoms with Gasteiger partial charge in [-0.05, 0) is 30.3 Å². The van der Waals surface area contributed by atoms with Crippen LogP contribution in [0.3, 0.4) is 0 Å². The minimum absolute atomic E-state index is 0.0448. The summed E-state index contributed by atoms with van der Waals surface area (Å²) in [6, 6.07) is 19.2. The number of para-hydroxylation sites is 2. The van der Waals surface area contributed by atoms with Gasteiger partial charge in [0.2, 0.25) is 15.9 Å². The third kappa shape index (κ3) is 4.11. The molecular formula is C24H21ClN2O5S. The Morgan fingerprint density at radius 2 is 1.55 bits per heavy atom. The number of nitrogens with one attached hydrogen (secondary N) is 1. The normalized spacial score (nSPS) is 16.4. The van der Waals surface area contributed by atoms with Crippen LogP contribution in [0, 0.1) is 0 Å². The molecule has 1 N–H and O–H groups in total. The molecule has 0 radical (unpaired) electrons. The van der Waals surface area contributed by atoms with Crippen LogP contribution in [0.4, 0.5) is 5.69 Å². The number of carbonyl (C=O) groups is 1. The summed E-state index contributed by atoms with van der Waals surface area (Å²) in [5.41, 5.74) is 1.82. The van der Waals surface area contributed by atoms with Crippen LogP contribution in [-0.2, 0) is 19.6 Å². The van der Waals surface area contributed by atoms with Crippen molar-refractivity contribution in [3.05, 3.63) is 82.9 Å². The molecule has 9 heteroatoms. The molecule has 33 heavy (non-hydrogen) atoms. The van der Waals surface area contributed by atoms with E-state index in [2.05, 4.69) is 5.32 Å². The first-order chi connectivity index (χ1) is 15.9. The highest BCUT2D eigenvalue weighted by Gasteiger charge is 2.33. The van der Waals surface area contributed by atoms with E-state index < -0.39 is 15.9 Å². The van der Waals surface area contributed by atoms with Crippen molar-refractivity contribution < 1.29 is 22.7 Å². The lowest BCUT2D eigenvalue weighted by atomic mass is 9.87. The highest BCUT2D eigenvalue weighted by Crippen LogP contribution is 2.44. The fraction of sp³-hybridized carbons (Fsp3) is 0.208. The number of hydrogen-bond donors (Lipinski definition) is 1. The third-order valence-corrected chi connectivity index (χ3v) is 8.11. The number of sulfonamides is 1. The van der Waals surface area contributed by atoms with Gasteiger partial charge in [0, 0.05) is 29.9 Å². The van der Waals surface area contributed by atoms with Gasteiger partial charge in [0.05, 0.1) is 24.2 Å². The van der Waals surface area contributed by atoms with Gasteiger partial charge in [-0.15, -0.1) is 0 Å². The standard InChI is InChI=1S/C24H21ClN2O5S/c25-19-10-9-16(15-22(19)33(29,30)27-11-13-31-14-12-27)26-24(28)23-17-5-1-3-7-20(17)32-21-8-4-2-6-18(21)23/h1-10,15,23H,11-14H2,(H,26,28). The van der Waals surface area contributed by atoms with Crippen LogP contribution in [0.5, 0.6) is 11.5 Å². The molecule has 0 unspecified atom stereocenters. The molecule has 2 heterocycles. The van der Waals surface area contributed by atoms with Gasteiger partial charge >= 0.3 is 0 Å². The van der Waals surface area contributed by atoms with E-state index in [0.717, 1.165) is 11.1 Å². The van der Waals surface area contributed by atoms with Crippen LogP contribution in [-0.4, -0.2) is 44.9 Å². The maximum atomic E-state index is 13.5. The molecule has 1 saturated heterocycles. The van der Waals surface area contributed by atoms with Crippen LogP contribution >= 0.6 is 11.6 Å². The Kier molecular flexibility index (Phi) is 5.84. The second-order valence-electron chi connectivity index (χ2n) is 7.76. The number of hydrogen-bond acceptors (Lipinski definition) is 5. The number of rotatable bonds is 4. The van der Waals surface area contributed by atoms with Gasteiger partial charge in [-0.1, -0.05) is 48.0 Å². The first-order valence-electron chi connectivity index (χ1n) is 10.5. The second-order valence-corrected chi connectivity index (χ2v) is 10.1. The predicted molar refractivity (Wildman–Crippen MR) is 124 cm³/mol. The van der Waals surface area contributed by atoms with E-state index in [1.165, 1.54) is 16.4 Å². The van der Waals surface area contributed by atoms with E-state index in [1.54, 1.807) is 6.07 Å². The van der Waals surface area contributed by atoms with Crippen molar-refractivity contribution in [2.75, 3.05) is 31.6 Å². The lowest BCUT2D eigenvalue weighted by molar-refractivity contribution is -0.116. The average Bonchev–Trinajstić information content (AvgIpc) is 2.84. The molecule has 170 valence electrons. The summed E-state index contributed by atoms with van der Waals surface area (Å²) in [5.74, 6) is 0.322. The van der Waals surface area contributed by atoms with Gasteiger partial charge in [-0.2, -0.15) is 4.31 Å². The molecule has 0 atom stereocenters. The van der Waals surface area contributed by atoms with Crippen molar-refractivity contribution in [1.82, 2.24) is 4.31 Å². The molecule has 2 aliphatic heterocycles. The lowest BCUT2D eigenvalue weighted by Crippen LogP contribution is -2.40. The summed E-state index contributed by atoms with van der Waals surface area (Å²) in [6.45, 7) is 1.17. The first kappa shape index (κ1) is 21.9. The highest BCUT2D eigenvalue weighted by atomic mass is 35.5. The Morgan fingerprint density at radius 1 is 0.939 bits per heavy atom. The van der Waals surface area contributed by atoms with Crippen molar-refractivity contribution in [3.63, 3.8) is 0 Å². The highest BCUT2D eigenvalue weighted by molar-refractivity contribution is 7.89. The van der Waals surface area contributed by atoms with Crippen molar-refractivity contribution in [2.24, 2.45) is 0 Å². The van der Waals surface area contributed by atoms with E-state index in [1.807, 2.05) is 48.5 Å². The maximum Gasteiger partial charge on any atom is 0.244 e. The quantitative estimate of drug-likeness (QED) is 0.598. The Bertz CT molecular complexity index is 1280. The van der Waals surface area contributed by atoms with Crippen molar-refractivity contribution >= 4 is 33.2 Å². The number of halogens is 1. The zero-order valence-electron chi connectivity index (χ0n) is 17.5. The van der Waals surface area contributed by atoms with Gasteiger partial charge in [0.1, 0.15) is 16.4 Å². The van der Waals surface area contributed by atoms with Crippen molar-refractivity contribution in [1.29, 1.82) is 0 Å². The molecule has 5 rings (SSSR count). The number of anilines is 1. The SMILES string of the molecule is O=C(Nc1ccc(Cl)c(S(=O)(=O)N2CCOCC2)c1)C1c2ccccc2Oc2ccccc21. The Hall–Kier alpha value is -2.91. The molecule has 3 aromatic rings. The molecule has 1 fully saturated rings. The van der Waals surface area contributed by atoms with E-state index >= 15 is 0 Å². The number of carbonyl (C=O) groups excluding carboxylic acids is 1. The van der Waals surface area contributed by atoms with Crippen molar-refractivity contribution in [2.45, 2.75) is 10.8 Å². The number of morpholine rings is 1. The van der Waals surface area contributed by atoms with E-state index in [4.69, 9.17) is 21.1 Å². The molecule has 3 aromatic carbocycles. The molecule has 0 bridgehead atoms. The molecule has 0 spiro atoms. The number of benzene rings is 3. The Balaban J connectivity index is 1.48. The van der Waals surface area contributed by atoms with Gasteiger partial charge < -0.3 is 14.8 Å². The van der Waals surface area contributed by atoms with E-state index in [9.17, 15) is 13.2 Å². The minimum Gasteiger partial charge on any atom is -0.457 e. The summed E-state index contributed by atoms with van der Waals surface area (Å²) >= 11 is 6.25. The minimum atomic E-state index is -3.82. The van der Waals surface area contributed by atoms with Gasteiger partial charge in [-0.3, -0.25) is 4.79 Å². The van der Waals surface area contributed by atoms with Gasteiger partial charge in [0.25, 0.3) is 0 Å². The number of nitrogens with zero attached hydrogens (tertiary/aromatic N) is 1. The molecular weight excluding hydrogens is 464 g/mol. The summed E-state index contributed by atoms with van der Waals surface area (Å²) in [6.07, 6.45) is 0. The second kappa shape index (κ2) is 8.79. The molecule has 1 amide bonds. The molecule has 0 aliphatic carbocycles. The molecule has 2 aliphatic rings. The smallest absolute Gasteiger partial charge is 0.244 e. The summed E-state index contributed by atoms with van der Waals surface area (Å²) in [7, 11) is -3.82. The van der Waals surface area contributed by atoms with E-state index in [0.29, 0.717) is 30.4 Å². The fourth-order valence-electron chi connectivity index (χ4n) is 4.11. The first-order valence-corrected chi connectivity index (χ1v) is 12.3. The topological polar surface area (TPSA) is 84.9 Å². The average molecular weight is 485 g/mol. The summed E-state index contributed by atoms with van der Waals surface area (Å²) in [5, 5.41) is 2.97. The predicted octanol–water partition coefficient (Wildman–Crippen LogP) is 4.24. The van der Waals surface area contributed by atoms with Crippen LogP contribution in [0.25, 0.3) is 0 Å². The molecule has 0 saturated carbocycles. The summed E-state index contributed by atoms with van der Waals surface area (Å²) < 4.78 is 38.8. The van der Waals surface area contributed by atoms with Crippen LogP contribution < -0.4 is 10.1 Å². The van der Waals surface area contributed by atoms with Crippen LogP contribution in [0.1, 0.15) is 17.0 Å². The van der Waals surface area contributed by atoms with Crippen LogP contribution in [0.15, 0.2) is 71.6 Å². The molecule has 7 nitrogen and oxygen atoms in total. The number of ether oxygens (including phenoxy) is 2. The Morgan fingerprint density at radius 3 is 2.18 bits per heavy atom. The maximum absolute atomic E-state index is 13.5. The zero-order valence-corrected chi connectivity index (χ0v) is 19.1. The third-order valence-electron chi connectivity index (χ3n) is 5.73. The van der Waals surface area contributed by atoms with E-state index in [-0.39, 0.29) is 28.9 Å². The summed E-state index contributed by atoms with van der Waals surface area (Å²) in [4.78, 5) is 13.4. The number of fused-ring (bicyclic) bond motifs is 2. The zero-order chi connectivity index (χ0) is 23.0. The fourth-order valence-corrected chi connectivity index (χ4v) is 6.02. The van der Waals surface area contributed by atoms with Gasteiger partial charge in [-0.25, -0.2) is 8.42 Å². The van der Waals surface area contributed by atoms with Crippen molar-refractivity contribution in [3.8, 4) is 11.5 Å².